The zero-order valence-corrected chi connectivity index (χ0v) is 10.4. The summed E-state index contributed by atoms with van der Waals surface area (Å²) in [4.78, 5) is 0. The highest BCUT2D eigenvalue weighted by Gasteiger charge is 1.90. The van der Waals surface area contributed by atoms with Gasteiger partial charge in [-0.15, -0.1) is 0 Å². The topological polar surface area (TPSA) is 128 Å². The Morgan fingerprint density at radius 1 is 0.625 bits per heavy atom. The van der Waals surface area contributed by atoms with Crippen LogP contribution in [0.4, 0.5) is 0 Å². The van der Waals surface area contributed by atoms with Crippen LogP contribution in [0.25, 0.3) is 0 Å². The van der Waals surface area contributed by atoms with Gasteiger partial charge in [0.05, 0.1) is 0 Å². The number of nitrogens with one attached hydrogen (secondary N) is 1. The number of guanidine groups is 1. The normalized spacial score (nSPS) is 9.38. The molecule has 16 heavy (non-hydrogen) atoms. The van der Waals surface area contributed by atoms with E-state index in [9.17, 15) is 0 Å². The lowest BCUT2D eigenvalue weighted by Gasteiger charge is -2.00. The number of rotatable bonds is 9. The van der Waals surface area contributed by atoms with Crippen LogP contribution in [0.2, 0.25) is 0 Å². The van der Waals surface area contributed by atoms with E-state index < -0.39 is 0 Å². The SMILES string of the molecule is N=C(N)N.NCCCCCCCCCCN. The Balaban J connectivity index is 0. The van der Waals surface area contributed by atoms with Crippen LogP contribution in [0.3, 0.4) is 0 Å². The van der Waals surface area contributed by atoms with Crippen molar-refractivity contribution in [1.82, 2.24) is 0 Å². The fraction of sp³-hybridized carbons (Fsp3) is 0.909. The molecule has 0 atom stereocenters. The Bertz CT molecular complexity index is 124. The summed E-state index contributed by atoms with van der Waals surface area (Å²) in [6, 6.07) is 0. The number of nitrogens with two attached hydrogens (primary N) is 4. The lowest BCUT2D eigenvalue weighted by atomic mass is 10.1. The second-order valence-electron chi connectivity index (χ2n) is 3.86. The van der Waals surface area contributed by atoms with Crippen molar-refractivity contribution in [2.45, 2.75) is 51.4 Å². The molecule has 9 N–H and O–H groups in total. The van der Waals surface area contributed by atoms with Gasteiger partial charge in [-0.3, -0.25) is 5.41 Å². The molecule has 0 aliphatic carbocycles. The Kier molecular flexibility index (Phi) is 18.3. The molecular weight excluding hydrogens is 202 g/mol. The summed E-state index contributed by atoms with van der Waals surface area (Å²) in [5, 5.41) is 6.06. The first-order chi connectivity index (χ1) is 7.65. The number of hydrogen-bond acceptors (Lipinski definition) is 3. The standard InChI is InChI=1S/C10H24N2.CH5N3/c11-9-7-5-3-1-2-4-6-8-10-12;2-1(3)4/h1-12H2;(H5,2,3,4). The van der Waals surface area contributed by atoms with Gasteiger partial charge >= 0.3 is 0 Å². The van der Waals surface area contributed by atoms with Crippen LogP contribution in [0.1, 0.15) is 51.4 Å². The molecule has 0 radical (unpaired) electrons. The molecule has 0 aliphatic rings. The minimum atomic E-state index is -0.333. The Morgan fingerprint density at radius 3 is 1.00 bits per heavy atom. The van der Waals surface area contributed by atoms with E-state index in [2.05, 4.69) is 11.5 Å². The molecule has 0 fully saturated rings. The third-order valence-corrected chi connectivity index (χ3v) is 2.16. The third kappa shape index (κ3) is 29.2. The van der Waals surface area contributed by atoms with Gasteiger partial charge in [0.15, 0.2) is 5.96 Å². The zero-order valence-electron chi connectivity index (χ0n) is 10.4. The quantitative estimate of drug-likeness (QED) is 0.229. The van der Waals surface area contributed by atoms with Crippen molar-refractivity contribution < 1.29 is 0 Å². The fourth-order valence-corrected chi connectivity index (χ4v) is 1.35. The van der Waals surface area contributed by atoms with Crippen LogP contribution in [0.5, 0.6) is 0 Å². The van der Waals surface area contributed by atoms with E-state index >= 15 is 0 Å². The van der Waals surface area contributed by atoms with E-state index in [0.717, 1.165) is 13.1 Å². The summed E-state index contributed by atoms with van der Waals surface area (Å²) in [6.45, 7) is 1.71. The van der Waals surface area contributed by atoms with Crippen molar-refractivity contribution in [3.8, 4) is 0 Å². The second kappa shape index (κ2) is 16.6. The largest absolute Gasteiger partial charge is 0.370 e. The minimum absolute atomic E-state index is 0.333. The zero-order chi connectivity index (χ0) is 12.6. The van der Waals surface area contributed by atoms with Crippen molar-refractivity contribution in [3.05, 3.63) is 0 Å². The highest BCUT2D eigenvalue weighted by Crippen LogP contribution is 2.07. The molecule has 5 heteroatoms. The van der Waals surface area contributed by atoms with Gasteiger partial charge in [0.25, 0.3) is 0 Å². The van der Waals surface area contributed by atoms with Gasteiger partial charge in [-0.2, -0.15) is 0 Å². The molecule has 0 amide bonds. The molecule has 0 saturated carbocycles. The first-order valence-electron chi connectivity index (χ1n) is 6.14. The van der Waals surface area contributed by atoms with E-state index in [0.29, 0.717) is 0 Å². The first kappa shape index (κ1) is 17.6. The molecule has 0 spiro atoms. The highest BCUT2D eigenvalue weighted by atomic mass is 14.9. The molecular formula is C11H29N5. The molecule has 5 nitrogen and oxygen atoms in total. The molecule has 0 unspecified atom stereocenters. The van der Waals surface area contributed by atoms with Gasteiger partial charge in [-0.1, -0.05) is 38.5 Å². The fourth-order valence-electron chi connectivity index (χ4n) is 1.35. The van der Waals surface area contributed by atoms with Crippen LogP contribution in [0.15, 0.2) is 0 Å². The van der Waals surface area contributed by atoms with Crippen molar-refractivity contribution in [2.24, 2.45) is 22.9 Å². The van der Waals surface area contributed by atoms with Gasteiger partial charge in [-0.25, -0.2) is 0 Å². The predicted molar refractivity (Wildman–Crippen MR) is 71.1 cm³/mol. The molecule has 0 saturated heterocycles. The average molecular weight is 231 g/mol. The molecule has 0 heterocycles. The average Bonchev–Trinajstić information content (AvgIpc) is 2.21. The van der Waals surface area contributed by atoms with Gasteiger partial charge < -0.3 is 22.9 Å². The maximum atomic E-state index is 6.06. The lowest BCUT2D eigenvalue weighted by Crippen LogP contribution is -2.20. The van der Waals surface area contributed by atoms with Crippen molar-refractivity contribution in [3.63, 3.8) is 0 Å². The maximum Gasteiger partial charge on any atom is 0.183 e. The van der Waals surface area contributed by atoms with E-state index in [1.165, 1.54) is 51.4 Å². The molecule has 0 aliphatic heterocycles. The van der Waals surface area contributed by atoms with Crippen molar-refractivity contribution in [1.29, 1.82) is 5.41 Å². The third-order valence-electron chi connectivity index (χ3n) is 2.16. The summed E-state index contributed by atoms with van der Waals surface area (Å²) in [6.07, 6.45) is 10.5. The van der Waals surface area contributed by atoms with Gasteiger partial charge in [0.1, 0.15) is 0 Å². The molecule has 0 rings (SSSR count). The Hall–Kier alpha value is -0.810. The first-order valence-corrected chi connectivity index (χ1v) is 6.14. The minimum Gasteiger partial charge on any atom is -0.370 e. The summed E-state index contributed by atoms with van der Waals surface area (Å²) in [7, 11) is 0. The van der Waals surface area contributed by atoms with E-state index in [1.807, 2.05) is 0 Å². The lowest BCUT2D eigenvalue weighted by molar-refractivity contribution is 0.572. The van der Waals surface area contributed by atoms with Crippen LogP contribution >= 0.6 is 0 Å². The van der Waals surface area contributed by atoms with Crippen LogP contribution in [0, 0.1) is 5.41 Å². The summed E-state index contributed by atoms with van der Waals surface area (Å²) < 4.78 is 0. The molecule has 98 valence electrons. The van der Waals surface area contributed by atoms with E-state index in [1.54, 1.807) is 0 Å². The molecule has 0 aromatic carbocycles. The summed E-state index contributed by atoms with van der Waals surface area (Å²) >= 11 is 0. The van der Waals surface area contributed by atoms with E-state index in [4.69, 9.17) is 16.9 Å². The Morgan fingerprint density at radius 2 is 0.812 bits per heavy atom. The van der Waals surface area contributed by atoms with Crippen LogP contribution in [-0.2, 0) is 0 Å². The van der Waals surface area contributed by atoms with E-state index in [-0.39, 0.29) is 5.96 Å². The smallest absolute Gasteiger partial charge is 0.183 e. The van der Waals surface area contributed by atoms with Crippen molar-refractivity contribution in [2.75, 3.05) is 13.1 Å². The highest BCUT2D eigenvalue weighted by molar-refractivity contribution is 5.71. The number of hydrogen-bond donors (Lipinski definition) is 5. The van der Waals surface area contributed by atoms with Gasteiger partial charge in [0, 0.05) is 0 Å². The summed E-state index contributed by atoms with van der Waals surface area (Å²) in [5.41, 5.74) is 19.7. The predicted octanol–water partition coefficient (Wildman–Crippen LogP) is 0.863. The monoisotopic (exact) mass is 231 g/mol. The second-order valence-corrected chi connectivity index (χ2v) is 3.86. The molecule has 0 aromatic rings. The molecule has 0 aromatic heterocycles. The van der Waals surface area contributed by atoms with Crippen molar-refractivity contribution >= 4 is 5.96 Å². The van der Waals surface area contributed by atoms with Gasteiger partial charge in [-0.05, 0) is 25.9 Å². The van der Waals surface area contributed by atoms with Crippen LogP contribution in [-0.4, -0.2) is 19.0 Å². The maximum absolute atomic E-state index is 6.06. The number of unbranched alkanes of at least 4 members (excludes halogenated alkanes) is 7. The summed E-state index contributed by atoms with van der Waals surface area (Å²) in [5.74, 6) is -0.333. The molecule has 0 bridgehead atoms. The Labute approximate surface area is 99.4 Å². The van der Waals surface area contributed by atoms with Gasteiger partial charge in [0.2, 0.25) is 0 Å². The van der Waals surface area contributed by atoms with Crippen LogP contribution < -0.4 is 22.9 Å².